The molecular formula is C14H13BrN2. The van der Waals surface area contributed by atoms with Gasteiger partial charge in [-0.05, 0) is 18.2 Å². The lowest BCUT2D eigenvalue weighted by molar-refractivity contribution is -0.511. The van der Waals surface area contributed by atoms with Gasteiger partial charge in [-0.1, -0.05) is 0 Å². The maximum Gasteiger partial charge on any atom is 0.211 e. The molecular weight excluding hydrogens is 276 g/mol. The fourth-order valence-corrected chi connectivity index (χ4v) is 2.02. The number of aromatic nitrogens is 2. The van der Waals surface area contributed by atoms with Crippen LogP contribution in [0.2, 0.25) is 0 Å². The Hall–Kier alpha value is -1.61. The molecule has 3 heterocycles. The average Bonchev–Trinajstić information content (AvgIpc) is 2.75. The molecule has 0 fully saturated rings. The topological polar surface area (TPSA) is 9.03 Å². The van der Waals surface area contributed by atoms with Crippen molar-refractivity contribution in [1.82, 2.24) is 4.57 Å². The first-order valence-corrected chi connectivity index (χ1v) is 5.36. The molecule has 0 saturated carbocycles. The van der Waals surface area contributed by atoms with Crippen LogP contribution in [-0.2, 0) is 7.05 Å². The van der Waals surface area contributed by atoms with E-state index in [1.165, 1.54) is 16.8 Å². The van der Waals surface area contributed by atoms with Crippen molar-refractivity contribution in [2.24, 2.45) is 7.05 Å². The van der Waals surface area contributed by atoms with Gasteiger partial charge in [0.15, 0.2) is 12.4 Å². The van der Waals surface area contributed by atoms with Gasteiger partial charge in [0.1, 0.15) is 0 Å². The molecule has 0 N–H and O–H groups in total. The van der Waals surface area contributed by atoms with Gasteiger partial charge in [0, 0.05) is 48.8 Å². The van der Waals surface area contributed by atoms with Gasteiger partial charge in [-0.25, -0.2) is 0 Å². The Morgan fingerprint density at radius 3 is 2.65 bits per heavy atom. The van der Waals surface area contributed by atoms with E-state index in [4.69, 9.17) is 0 Å². The van der Waals surface area contributed by atoms with E-state index in [1.54, 1.807) is 0 Å². The molecule has 0 aliphatic carbocycles. The summed E-state index contributed by atoms with van der Waals surface area (Å²) in [4.78, 5) is 0. The van der Waals surface area contributed by atoms with Crippen LogP contribution in [0, 0.1) is 0 Å². The first kappa shape index (κ1) is 11.9. The molecule has 3 rings (SSSR count). The molecule has 3 aromatic heterocycles. The van der Waals surface area contributed by atoms with Gasteiger partial charge in [0.05, 0.1) is 0 Å². The Morgan fingerprint density at radius 1 is 1.00 bits per heavy atom. The van der Waals surface area contributed by atoms with Crippen LogP contribution in [0.5, 0.6) is 0 Å². The molecule has 0 aromatic carbocycles. The number of halogens is 1. The van der Waals surface area contributed by atoms with Gasteiger partial charge in [0.25, 0.3) is 0 Å². The van der Waals surface area contributed by atoms with Gasteiger partial charge in [0.2, 0.25) is 5.52 Å². The molecule has 0 unspecified atom stereocenters. The summed E-state index contributed by atoms with van der Waals surface area (Å²) in [6.45, 7) is 0. The molecule has 86 valence electrons. The van der Waals surface area contributed by atoms with Crippen LogP contribution in [0.3, 0.4) is 0 Å². The van der Waals surface area contributed by atoms with Crippen molar-refractivity contribution in [1.29, 1.82) is 0 Å². The smallest absolute Gasteiger partial charge is 0.211 e. The molecule has 0 saturated heterocycles. The van der Waals surface area contributed by atoms with Gasteiger partial charge in [-0.2, -0.15) is 4.40 Å². The van der Waals surface area contributed by atoms with Crippen molar-refractivity contribution >= 4 is 5.52 Å². The predicted molar refractivity (Wildman–Crippen MR) is 64.0 cm³/mol. The van der Waals surface area contributed by atoms with Crippen molar-refractivity contribution in [3.05, 3.63) is 61.1 Å². The summed E-state index contributed by atoms with van der Waals surface area (Å²) in [7, 11) is 2.07. The molecule has 0 aliphatic rings. The van der Waals surface area contributed by atoms with Crippen LogP contribution >= 0.6 is 0 Å². The molecule has 0 atom stereocenters. The lowest BCUT2D eigenvalue weighted by Crippen LogP contribution is -3.00. The molecule has 0 radical (unpaired) electrons. The highest BCUT2D eigenvalue weighted by Gasteiger charge is 2.06. The van der Waals surface area contributed by atoms with Crippen molar-refractivity contribution in [3.8, 4) is 11.3 Å². The molecule has 3 heteroatoms. The van der Waals surface area contributed by atoms with E-state index in [0.29, 0.717) is 0 Å². The van der Waals surface area contributed by atoms with E-state index in [2.05, 4.69) is 71.0 Å². The quantitative estimate of drug-likeness (QED) is 0.531. The van der Waals surface area contributed by atoms with E-state index in [9.17, 15) is 0 Å². The number of aryl methyl sites for hydroxylation is 1. The van der Waals surface area contributed by atoms with Crippen molar-refractivity contribution < 1.29 is 21.4 Å². The molecule has 0 amide bonds. The second-order valence-electron chi connectivity index (χ2n) is 3.95. The number of nitrogens with zero attached hydrogens (tertiary/aromatic N) is 2. The summed E-state index contributed by atoms with van der Waals surface area (Å²) in [5, 5.41) is 0. The fraction of sp³-hybridized carbons (Fsp3) is 0.0714. The second-order valence-corrected chi connectivity index (χ2v) is 3.95. The largest absolute Gasteiger partial charge is 1.00 e. The Bertz CT molecular complexity index is 643. The van der Waals surface area contributed by atoms with Crippen LogP contribution < -0.4 is 21.4 Å². The van der Waals surface area contributed by atoms with E-state index in [0.717, 1.165) is 0 Å². The van der Waals surface area contributed by atoms with Crippen LogP contribution in [0.1, 0.15) is 0 Å². The summed E-state index contributed by atoms with van der Waals surface area (Å²) in [5.41, 5.74) is 3.70. The third kappa shape index (κ3) is 2.11. The highest BCUT2D eigenvalue weighted by molar-refractivity contribution is 5.64. The molecule has 0 spiro atoms. The zero-order valence-corrected chi connectivity index (χ0v) is 11.1. The maximum atomic E-state index is 2.20. The van der Waals surface area contributed by atoms with E-state index >= 15 is 0 Å². The highest BCUT2D eigenvalue weighted by atomic mass is 79.9. The molecule has 17 heavy (non-hydrogen) atoms. The third-order valence-electron chi connectivity index (χ3n) is 2.88. The first-order valence-electron chi connectivity index (χ1n) is 5.36. The first-order chi connectivity index (χ1) is 7.84. The number of hydrogen-bond donors (Lipinski definition) is 0. The Morgan fingerprint density at radius 2 is 1.88 bits per heavy atom. The summed E-state index contributed by atoms with van der Waals surface area (Å²) in [6, 6.07) is 14.8. The van der Waals surface area contributed by atoms with E-state index in [-0.39, 0.29) is 17.0 Å². The van der Waals surface area contributed by atoms with Crippen molar-refractivity contribution in [2.75, 3.05) is 0 Å². The second kappa shape index (κ2) is 4.72. The Kier molecular flexibility index (Phi) is 3.29. The fourth-order valence-electron chi connectivity index (χ4n) is 2.02. The normalized spacial score (nSPS) is 10.2. The highest BCUT2D eigenvalue weighted by Crippen LogP contribution is 2.18. The van der Waals surface area contributed by atoms with Crippen molar-refractivity contribution in [3.63, 3.8) is 0 Å². The van der Waals surface area contributed by atoms with Crippen molar-refractivity contribution in [2.45, 2.75) is 0 Å². The van der Waals surface area contributed by atoms with Crippen LogP contribution in [0.25, 0.3) is 16.8 Å². The van der Waals surface area contributed by atoms with E-state index in [1.807, 2.05) is 6.07 Å². The number of rotatable bonds is 1. The minimum absolute atomic E-state index is 0. The maximum absolute atomic E-state index is 2.20. The minimum atomic E-state index is 0. The monoisotopic (exact) mass is 288 g/mol. The molecule has 3 aromatic rings. The Labute approximate surface area is 111 Å². The lowest BCUT2D eigenvalue weighted by Gasteiger charge is -2.02. The van der Waals surface area contributed by atoms with Gasteiger partial charge < -0.3 is 21.5 Å². The summed E-state index contributed by atoms with van der Waals surface area (Å²) in [5.74, 6) is 0. The standard InChI is InChI=1S/C14H13N2.BrH/c1-15-8-4-6-14(15)12-7-10-16-9-3-2-5-13(16)11-12;/h2-11H,1H3;1H/q+1;/p-1. The van der Waals surface area contributed by atoms with Gasteiger partial charge >= 0.3 is 0 Å². The third-order valence-corrected chi connectivity index (χ3v) is 2.88. The molecule has 2 nitrogen and oxygen atoms in total. The summed E-state index contributed by atoms with van der Waals surface area (Å²) >= 11 is 0. The zero-order chi connectivity index (χ0) is 11.0. The van der Waals surface area contributed by atoms with Gasteiger partial charge in [-0.3, -0.25) is 0 Å². The van der Waals surface area contributed by atoms with Gasteiger partial charge in [-0.15, -0.1) is 0 Å². The zero-order valence-electron chi connectivity index (χ0n) is 9.55. The number of hydrogen-bond acceptors (Lipinski definition) is 0. The van der Waals surface area contributed by atoms with Crippen LogP contribution in [-0.4, -0.2) is 4.57 Å². The number of fused-ring (bicyclic) bond motifs is 1. The van der Waals surface area contributed by atoms with Crippen LogP contribution in [0.15, 0.2) is 61.1 Å². The lowest BCUT2D eigenvalue weighted by atomic mass is 10.1. The molecule has 0 aliphatic heterocycles. The average molecular weight is 289 g/mol. The SMILES string of the molecule is Cn1cccc1-c1cc[n+]2ccccc2c1.[Br-]. The van der Waals surface area contributed by atoms with E-state index < -0.39 is 0 Å². The minimum Gasteiger partial charge on any atom is -1.00 e. The molecule has 0 bridgehead atoms. The number of pyridine rings is 2. The summed E-state index contributed by atoms with van der Waals surface area (Å²) in [6.07, 6.45) is 6.22. The van der Waals surface area contributed by atoms with Crippen LogP contribution in [0.4, 0.5) is 0 Å². The Balaban J connectivity index is 0.00000108. The summed E-state index contributed by atoms with van der Waals surface area (Å²) < 4.78 is 4.25. The predicted octanol–water partition coefficient (Wildman–Crippen LogP) is -0.565.